The Hall–Kier alpha value is -2.48. The van der Waals surface area contributed by atoms with Crippen LogP contribution in [0, 0.1) is 0 Å². The molecule has 7 nitrogen and oxygen atoms in total. The highest BCUT2D eigenvalue weighted by atomic mass is 32.1. The Bertz CT molecular complexity index is 819. The van der Waals surface area contributed by atoms with Crippen molar-refractivity contribution in [2.75, 3.05) is 11.9 Å². The van der Waals surface area contributed by atoms with Crippen molar-refractivity contribution >= 4 is 27.3 Å². The lowest BCUT2D eigenvalue weighted by Gasteiger charge is -2.19. The fourth-order valence-corrected chi connectivity index (χ4v) is 3.00. The summed E-state index contributed by atoms with van der Waals surface area (Å²) >= 11 is 1.29. The normalized spacial score (nSPS) is 11.6. The first kappa shape index (κ1) is 17.3. The summed E-state index contributed by atoms with van der Waals surface area (Å²) in [4.78, 5) is 12.6. The first-order chi connectivity index (χ1) is 11.9. The van der Waals surface area contributed by atoms with Crippen LogP contribution in [0.3, 0.4) is 0 Å². The zero-order valence-electron chi connectivity index (χ0n) is 14.5. The van der Waals surface area contributed by atoms with Gasteiger partial charge in [-0.1, -0.05) is 44.2 Å². The summed E-state index contributed by atoms with van der Waals surface area (Å²) < 4.78 is 7.23. The summed E-state index contributed by atoms with van der Waals surface area (Å²) in [5.41, 5.74) is 1.40. The van der Waals surface area contributed by atoms with Crippen LogP contribution in [0.2, 0.25) is 0 Å². The third-order valence-electron chi connectivity index (χ3n) is 3.67. The van der Waals surface area contributed by atoms with Gasteiger partial charge in [0.1, 0.15) is 12.1 Å². The monoisotopic (exact) mass is 359 g/mol. The number of nitrogens with one attached hydrogen (secondary N) is 1. The smallest absolute Gasteiger partial charge is 0.236 e. The molecular formula is C17H21N5O2S. The highest BCUT2D eigenvalue weighted by Crippen LogP contribution is 2.24. The molecule has 25 heavy (non-hydrogen) atoms. The molecule has 3 rings (SSSR count). The van der Waals surface area contributed by atoms with Crippen LogP contribution in [0.5, 0.6) is 5.75 Å². The van der Waals surface area contributed by atoms with Gasteiger partial charge in [0, 0.05) is 6.42 Å². The molecule has 0 aliphatic heterocycles. The van der Waals surface area contributed by atoms with Crippen LogP contribution in [0.4, 0.5) is 5.13 Å². The fourth-order valence-electron chi connectivity index (χ4n) is 2.27. The topological polar surface area (TPSA) is 81.4 Å². The number of carbonyl (C=O) groups is 1. The van der Waals surface area contributed by atoms with E-state index in [-0.39, 0.29) is 11.3 Å². The van der Waals surface area contributed by atoms with E-state index in [1.807, 2.05) is 12.1 Å². The van der Waals surface area contributed by atoms with E-state index < -0.39 is 0 Å². The number of hydrogen-bond donors (Lipinski definition) is 1. The van der Waals surface area contributed by atoms with E-state index in [1.165, 1.54) is 27.7 Å². The van der Waals surface area contributed by atoms with Crippen molar-refractivity contribution in [3.8, 4) is 5.75 Å². The SMILES string of the molecule is CC(C)(C)c1ccc(OCCCC(=O)Nc2nn3cnnc3s2)cc1. The molecule has 0 unspecified atom stereocenters. The van der Waals surface area contributed by atoms with Gasteiger partial charge in [-0.05, 0) is 29.5 Å². The minimum absolute atomic E-state index is 0.0864. The van der Waals surface area contributed by atoms with E-state index in [0.717, 1.165) is 5.75 Å². The van der Waals surface area contributed by atoms with Gasteiger partial charge >= 0.3 is 0 Å². The number of aromatic nitrogens is 4. The Morgan fingerprint density at radius 2 is 2.04 bits per heavy atom. The van der Waals surface area contributed by atoms with Crippen molar-refractivity contribution in [3.05, 3.63) is 36.2 Å². The van der Waals surface area contributed by atoms with Gasteiger partial charge in [-0.2, -0.15) is 4.52 Å². The number of anilines is 1. The molecule has 2 heterocycles. The van der Waals surface area contributed by atoms with Crippen molar-refractivity contribution < 1.29 is 9.53 Å². The van der Waals surface area contributed by atoms with Gasteiger partial charge in [-0.3, -0.25) is 4.79 Å². The Morgan fingerprint density at radius 3 is 2.72 bits per heavy atom. The van der Waals surface area contributed by atoms with Crippen molar-refractivity contribution in [2.24, 2.45) is 0 Å². The first-order valence-corrected chi connectivity index (χ1v) is 8.93. The molecule has 0 radical (unpaired) electrons. The molecule has 2 aromatic heterocycles. The molecule has 132 valence electrons. The number of benzene rings is 1. The molecule has 8 heteroatoms. The summed E-state index contributed by atoms with van der Waals surface area (Å²) in [7, 11) is 0. The standard InChI is InChI=1S/C17H21N5O2S/c1-17(2,3)12-6-8-13(9-7-12)24-10-4-5-14(23)19-15-21-22-11-18-20-16(22)25-15/h6-9,11H,4-5,10H2,1-3H3,(H,19,21,23). The van der Waals surface area contributed by atoms with E-state index in [2.05, 4.69) is 53.5 Å². The molecule has 0 bridgehead atoms. The highest BCUT2D eigenvalue weighted by molar-refractivity contribution is 7.20. The lowest BCUT2D eigenvalue weighted by Crippen LogP contribution is -2.13. The molecule has 1 N–H and O–H groups in total. The van der Waals surface area contributed by atoms with Crippen LogP contribution in [0.1, 0.15) is 39.2 Å². The predicted octanol–water partition coefficient (Wildman–Crippen LogP) is 3.28. The number of hydrogen-bond acceptors (Lipinski definition) is 6. The molecule has 0 spiro atoms. The summed E-state index contributed by atoms with van der Waals surface area (Å²) in [6.45, 7) is 7.03. The minimum atomic E-state index is -0.0864. The van der Waals surface area contributed by atoms with Crippen molar-refractivity contribution in [1.29, 1.82) is 0 Å². The Kier molecular flexibility index (Phi) is 4.98. The molecule has 0 atom stereocenters. The Morgan fingerprint density at radius 1 is 1.28 bits per heavy atom. The summed E-state index contributed by atoms with van der Waals surface area (Å²) in [6.07, 6.45) is 2.51. The maximum atomic E-state index is 11.9. The van der Waals surface area contributed by atoms with E-state index in [1.54, 1.807) is 0 Å². The summed E-state index contributed by atoms with van der Waals surface area (Å²) in [5, 5.41) is 15.0. The van der Waals surface area contributed by atoms with Gasteiger partial charge in [-0.25, -0.2) is 0 Å². The predicted molar refractivity (Wildman–Crippen MR) is 97.2 cm³/mol. The largest absolute Gasteiger partial charge is 0.494 e. The second-order valence-corrected chi connectivity index (χ2v) is 7.70. The van der Waals surface area contributed by atoms with Gasteiger partial charge in [-0.15, -0.1) is 15.3 Å². The fraction of sp³-hybridized carbons (Fsp3) is 0.412. The minimum Gasteiger partial charge on any atom is -0.494 e. The third kappa shape index (κ3) is 4.54. The first-order valence-electron chi connectivity index (χ1n) is 8.12. The third-order valence-corrected chi connectivity index (χ3v) is 4.50. The number of nitrogens with zero attached hydrogens (tertiary/aromatic N) is 4. The molecule has 0 saturated heterocycles. The van der Waals surface area contributed by atoms with Gasteiger partial charge in [0.25, 0.3) is 0 Å². The van der Waals surface area contributed by atoms with Crippen LogP contribution >= 0.6 is 11.3 Å². The molecule has 0 fully saturated rings. The summed E-state index contributed by atoms with van der Waals surface area (Å²) in [6, 6.07) is 8.10. The Balaban J connectivity index is 1.40. The van der Waals surface area contributed by atoms with Crippen molar-refractivity contribution in [2.45, 2.75) is 39.0 Å². The van der Waals surface area contributed by atoms with Crippen molar-refractivity contribution in [3.63, 3.8) is 0 Å². The average molecular weight is 359 g/mol. The van der Waals surface area contributed by atoms with E-state index in [0.29, 0.717) is 29.5 Å². The number of rotatable bonds is 6. The molecule has 0 aliphatic rings. The zero-order valence-corrected chi connectivity index (χ0v) is 15.3. The summed E-state index contributed by atoms with van der Waals surface area (Å²) in [5.74, 6) is 0.735. The van der Waals surface area contributed by atoms with E-state index >= 15 is 0 Å². The van der Waals surface area contributed by atoms with Gasteiger partial charge < -0.3 is 10.1 Å². The van der Waals surface area contributed by atoms with Crippen LogP contribution in [0.25, 0.3) is 4.96 Å². The average Bonchev–Trinajstić information content (AvgIpc) is 3.12. The number of amides is 1. The molecule has 1 amide bonds. The second kappa shape index (κ2) is 7.18. The number of fused-ring (bicyclic) bond motifs is 1. The molecule has 0 saturated carbocycles. The lowest BCUT2D eigenvalue weighted by atomic mass is 9.87. The number of carbonyl (C=O) groups excluding carboxylic acids is 1. The van der Waals surface area contributed by atoms with Crippen molar-refractivity contribution in [1.82, 2.24) is 19.8 Å². The maximum absolute atomic E-state index is 11.9. The molecular weight excluding hydrogens is 338 g/mol. The molecule has 0 aliphatic carbocycles. The quantitative estimate of drug-likeness (QED) is 0.683. The van der Waals surface area contributed by atoms with E-state index in [9.17, 15) is 4.79 Å². The van der Waals surface area contributed by atoms with E-state index in [4.69, 9.17) is 4.74 Å². The van der Waals surface area contributed by atoms with Gasteiger partial charge in [0.15, 0.2) is 0 Å². The van der Waals surface area contributed by atoms with Crippen LogP contribution in [-0.4, -0.2) is 32.3 Å². The lowest BCUT2D eigenvalue weighted by molar-refractivity contribution is -0.116. The molecule has 1 aromatic carbocycles. The van der Waals surface area contributed by atoms with Crippen LogP contribution in [0.15, 0.2) is 30.6 Å². The zero-order chi connectivity index (χ0) is 17.9. The van der Waals surface area contributed by atoms with Crippen LogP contribution < -0.4 is 10.1 Å². The maximum Gasteiger partial charge on any atom is 0.236 e. The van der Waals surface area contributed by atoms with Gasteiger partial charge in [0.05, 0.1) is 6.61 Å². The molecule has 3 aromatic rings. The van der Waals surface area contributed by atoms with Gasteiger partial charge in [0.2, 0.25) is 16.0 Å². The van der Waals surface area contributed by atoms with Crippen LogP contribution in [-0.2, 0) is 10.2 Å². The Labute approximate surface area is 150 Å². The second-order valence-electron chi connectivity index (χ2n) is 6.74. The number of ether oxygens (including phenoxy) is 1. The highest BCUT2D eigenvalue weighted by Gasteiger charge is 2.13.